The molecule has 0 aromatic carbocycles. The van der Waals surface area contributed by atoms with Crippen molar-refractivity contribution < 1.29 is 13.2 Å². The van der Waals surface area contributed by atoms with Gasteiger partial charge in [0.15, 0.2) is 9.84 Å². The fourth-order valence-electron chi connectivity index (χ4n) is 1.82. The van der Waals surface area contributed by atoms with Crippen molar-refractivity contribution in [2.45, 2.75) is 18.9 Å². The maximum absolute atomic E-state index is 11.8. The number of hydrogen-bond acceptors (Lipinski definition) is 6. The molecule has 0 spiro atoms. The molecule has 18 heavy (non-hydrogen) atoms. The van der Waals surface area contributed by atoms with Crippen LogP contribution in [0.3, 0.4) is 0 Å². The fraction of sp³-hybridized carbons (Fsp3) is 0.600. The molecule has 1 aliphatic rings. The van der Waals surface area contributed by atoms with Crippen LogP contribution in [0.5, 0.6) is 0 Å². The van der Waals surface area contributed by atoms with Crippen molar-refractivity contribution in [3.63, 3.8) is 0 Å². The summed E-state index contributed by atoms with van der Waals surface area (Å²) in [5, 5.41) is 5.19. The minimum Gasteiger partial charge on any atom is -0.347 e. The zero-order valence-electron chi connectivity index (χ0n) is 9.76. The summed E-state index contributed by atoms with van der Waals surface area (Å²) in [4.78, 5) is 16.0. The van der Waals surface area contributed by atoms with Gasteiger partial charge in [-0.05, 0) is 13.0 Å². The highest BCUT2D eigenvalue weighted by Crippen LogP contribution is 2.14. The molecule has 6 nitrogen and oxygen atoms in total. The zero-order chi connectivity index (χ0) is 13.2. The van der Waals surface area contributed by atoms with Crippen LogP contribution in [0.4, 0.5) is 0 Å². The van der Waals surface area contributed by atoms with E-state index in [0.29, 0.717) is 25.1 Å². The molecule has 1 amide bonds. The van der Waals surface area contributed by atoms with Crippen LogP contribution < -0.4 is 11.1 Å². The molecule has 0 aliphatic carbocycles. The molecule has 1 aliphatic heterocycles. The maximum Gasteiger partial charge on any atom is 0.271 e. The topological polar surface area (TPSA) is 102 Å². The molecule has 3 N–H and O–H groups in total. The van der Waals surface area contributed by atoms with Gasteiger partial charge in [0.1, 0.15) is 5.69 Å². The van der Waals surface area contributed by atoms with E-state index >= 15 is 0 Å². The Morgan fingerprint density at radius 2 is 2.39 bits per heavy atom. The van der Waals surface area contributed by atoms with Gasteiger partial charge in [-0.25, -0.2) is 13.4 Å². The lowest BCUT2D eigenvalue weighted by atomic mass is 10.2. The van der Waals surface area contributed by atoms with E-state index in [2.05, 4.69) is 10.3 Å². The number of nitrogens with one attached hydrogen (secondary N) is 1. The van der Waals surface area contributed by atoms with Gasteiger partial charge in [-0.15, -0.1) is 11.3 Å². The van der Waals surface area contributed by atoms with Gasteiger partial charge in [0.25, 0.3) is 5.91 Å². The Kier molecular flexibility index (Phi) is 3.98. The Bertz CT molecular complexity index is 538. The molecule has 2 heterocycles. The predicted molar refractivity (Wildman–Crippen MR) is 69.4 cm³/mol. The second-order valence-electron chi connectivity index (χ2n) is 4.24. The van der Waals surface area contributed by atoms with Crippen LogP contribution in [0.2, 0.25) is 0 Å². The lowest BCUT2D eigenvalue weighted by Crippen LogP contribution is -2.35. The molecule has 0 saturated carbocycles. The van der Waals surface area contributed by atoms with Crippen LogP contribution in [0, 0.1) is 0 Å². The summed E-state index contributed by atoms with van der Waals surface area (Å²) in [7, 11) is -2.98. The molecule has 1 fully saturated rings. The van der Waals surface area contributed by atoms with Crippen molar-refractivity contribution in [2.24, 2.45) is 5.73 Å². The molecule has 8 heteroatoms. The number of aromatic nitrogens is 1. The number of rotatable bonds is 4. The number of carbonyl (C=O) groups is 1. The number of sulfone groups is 1. The van der Waals surface area contributed by atoms with Gasteiger partial charge in [-0.2, -0.15) is 0 Å². The minimum absolute atomic E-state index is 0.0263. The monoisotopic (exact) mass is 289 g/mol. The summed E-state index contributed by atoms with van der Waals surface area (Å²) < 4.78 is 22.5. The van der Waals surface area contributed by atoms with Crippen LogP contribution in [-0.4, -0.2) is 43.4 Å². The molecular weight excluding hydrogens is 274 g/mol. The van der Waals surface area contributed by atoms with E-state index in [1.54, 1.807) is 5.38 Å². The molecule has 100 valence electrons. The second-order valence-corrected chi connectivity index (χ2v) is 7.41. The SMILES string of the molecule is NCCc1nc(C(=O)NC2CCS(=O)(=O)C2)cs1. The van der Waals surface area contributed by atoms with Gasteiger partial charge in [0.05, 0.1) is 16.5 Å². The first kappa shape index (κ1) is 13.4. The van der Waals surface area contributed by atoms with Gasteiger partial charge < -0.3 is 11.1 Å². The summed E-state index contributed by atoms with van der Waals surface area (Å²) in [6.07, 6.45) is 1.13. The summed E-state index contributed by atoms with van der Waals surface area (Å²) in [5.74, 6) is -0.136. The second kappa shape index (κ2) is 5.33. The normalized spacial score (nSPS) is 21.9. The third kappa shape index (κ3) is 3.27. The van der Waals surface area contributed by atoms with Gasteiger partial charge in [0, 0.05) is 17.8 Å². The van der Waals surface area contributed by atoms with Crippen molar-refractivity contribution in [3.05, 3.63) is 16.1 Å². The van der Waals surface area contributed by atoms with E-state index in [0.717, 1.165) is 5.01 Å². The number of amides is 1. The van der Waals surface area contributed by atoms with E-state index in [-0.39, 0.29) is 23.5 Å². The van der Waals surface area contributed by atoms with Crippen molar-refractivity contribution in [3.8, 4) is 0 Å². The predicted octanol–water partition coefficient (Wildman–Crippen LogP) is -0.439. The third-order valence-electron chi connectivity index (χ3n) is 2.71. The Labute approximate surface area is 110 Å². The van der Waals surface area contributed by atoms with Gasteiger partial charge in [-0.3, -0.25) is 4.79 Å². The highest BCUT2D eigenvalue weighted by molar-refractivity contribution is 7.91. The van der Waals surface area contributed by atoms with E-state index in [1.165, 1.54) is 11.3 Å². The van der Waals surface area contributed by atoms with Crippen molar-refractivity contribution >= 4 is 27.1 Å². The first-order chi connectivity index (χ1) is 8.50. The van der Waals surface area contributed by atoms with Crippen LogP contribution in [0.1, 0.15) is 21.9 Å². The Morgan fingerprint density at radius 1 is 1.61 bits per heavy atom. The Balaban J connectivity index is 1.95. The largest absolute Gasteiger partial charge is 0.347 e. The van der Waals surface area contributed by atoms with Crippen LogP contribution in [0.15, 0.2) is 5.38 Å². The summed E-state index contributed by atoms with van der Waals surface area (Å²) >= 11 is 1.39. The summed E-state index contributed by atoms with van der Waals surface area (Å²) in [6, 6.07) is -0.290. The summed E-state index contributed by atoms with van der Waals surface area (Å²) in [5.41, 5.74) is 5.75. The van der Waals surface area contributed by atoms with Crippen molar-refractivity contribution in [2.75, 3.05) is 18.1 Å². The number of thiazole rings is 1. The Hall–Kier alpha value is -0.990. The highest BCUT2D eigenvalue weighted by Gasteiger charge is 2.29. The molecule has 1 saturated heterocycles. The van der Waals surface area contributed by atoms with E-state index in [9.17, 15) is 13.2 Å². The quantitative estimate of drug-likeness (QED) is 0.782. The third-order valence-corrected chi connectivity index (χ3v) is 5.39. The van der Waals surface area contributed by atoms with Crippen molar-refractivity contribution in [1.29, 1.82) is 0 Å². The van der Waals surface area contributed by atoms with Crippen molar-refractivity contribution in [1.82, 2.24) is 10.3 Å². The van der Waals surface area contributed by atoms with E-state index < -0.39 is 9.84 Å². The fourth-order valence-corrected chi connectivity index (χ4v) is 4.29. The van der Waals surface area contributed by atoms with Crippen LogP contribution in [-0.2, 0) is 16.3 Å². The number of nitrogens with zero attached hydrogens (tertiary/aromatic N) is 1. The standard InChI is InChI=1S/C10H15N3O3S2/c11-3-1-9-13-8(5-17-9)10(14)12-7-2-4-18(15,16)6-7/h5,7H,1-4,6,11H2,(H,12,14). The molecular formula is C10H15N3O3S2. The number of nitrogens with two attached hydrogens (primary N) is 1. The van der Waals surface area contributed by atoms with Gasteiger partial charge >= 0.3 is 0 Å². The van der Waals surface area contributed by atoms with Gasteiger partial charge in [0.2, 0.25) is 0 Å². The van der Waals surface area contributed by atoms with Crippen LogP contribution >= 0.6 is 11.3 Å². The van der Waals surface area contributed by atoms with E-state index in [1.807, 2.05) is 0 Å². The molecule has 2 rings (SSSR count). The van der Waals surface area contributed by atoms with Gasteiger partial charge in [-0.1, -0.05) is 0 Å². The zero-order valence-corrected chi connectivity index (χ0v) is 11.4. The first-order valence-corrected chi connectivity index (χ1v) is 8.36. The minimum atomic E-state index is -2.98. The molecule has 1 aromatic heterocycles. The lowest BCUT2D eigenvalue weighted by Gasteiger charge is -2.08. The number of carbonyl (C=O) groups excluding carboxylic acids is 1. The average molecular weight is 289 g/mol. The maximum atomic E-state index is 11.8. The molecule has 0 radical (unpaired) electrons. The molecule has 1 unspecified atom stereocenters. The lowest BCUT2D eigenvalue weighted by molar-refractivity contribution is 0.0936. The Morgan fingerprint density at radius 3 is 3.00 bits per heavy atom. The first-order valence-electron chi connectivity index (χ1n) is 5.66. The molecule has 1 aromatic rings. The average Bonchev–Trinajstić information content (AvgIpc) is 2.86. The summed E-state index contributed by atoms with van der Waals surface area (Å²) in [6.45, 7) is 0.495. The molecule has 0 bridgehead atoms. The number of hydrogen-bond donors (Lipinski definition) is 2. The smallest absolute Gasteiger partial charge is 0.271 e. The van der Waals surface area contributed by atoms with E-state index in [4.69, 9.17) is 5.73 Å². The van der Waals surface area contributed by atoms with Crippen LogP contribution in [0.25, 0.3) is 0 Å². The highest BCUT2D eigenvalue weighted by atomic mass is 32.2. The molecule has 1 atom stereocenters.